The van der Waals surface area contributed by atoms with E-state index in [2.05, 4.69) is 14.7 Å². The average Bonchev–Trinajstić information content (AvgIpc) is 3.22. The van der Waals surface area contributed by atoms with E-state index in [1.54, 1.807) is 41.9 Å². The van der Waals surface area contributed by atoms with Crippen molar-refractivity contribution in [3.05, 3.63) is 83.3 Å². The van der Waals surface area contributed by atoms with Crippen LogP contribution < -0.4 is 4.74 Å². The number of hydrogen-bond donors (Lipinski definition) is 1. The van der Waals surface area contributed by atoms with Crippen molar-refractivity contribution in [1.29, 1.82) is 0 Å². The molecule has 2 unspecified atom stereocenters. The summed E-state index contributed by atoms with van der Waals surface area (Å²) in [6.07, 6.45) is 5.23. The highest BCUT2D eigenvalue weighted by molar-refractivity contribution is 5.74. The molecule has 3 heterocycles. The smallest absolute Gasteiger partial charge is 0.387 e. The number of aliphatic carboxylic acids is 1. The lowest BCUT2D eigenvalue weighted by Gasteiger charge is -2.14. The Morgan fingerprint density at radius 1 is 1.19 bits per heavy atom. The standard InChI is InChI=1S/C28H24F3N3O3/c1-14-23(10-15-4-2-3-5-24(15)37-28(30)31)34-13-20(21(29)11-25(34)33-14)16-6-7-22(32-12-16)17-8-18-19(9-17)26(18)27(35)36/h2-7,11-13,17-19,26,28H,8-10H2,1H3,(H,35,36)/t17?,18-,19+,26?. The first-order chi connectivity index (χ1) is 17.8. The van der Waals surface area contributed by atoms with Crippen molar-refractivity contribution in [1.82, 2.24) is 14.4 Å². The van der Waals surface area contributed by atoms with Crippen molar-refractivity contribution in [2.75, 3.05) is 0 Å². The largest absolute Gasteiger partial charge is 0.481 e. The third-order valence-corrected chi connectivity index (χ3v) is 7.80. The molecule has 0 spiro atoms. The van der Waals surface area contributed by atoms with E-state index in [0.29, 0.717) is 28.0 Å². The molecule has 190 valence electrons. The first-order valence-electron chi connectivity index (χ1n) is 12.2. The number of pyridine rings is 2. The van der Waals surface area contributed by atoms with Crippen molar-refractivity contribution < 1.29 is 27.8 Å². The fourth-order valence-corrected chi connectivity index (χ4v) is 5.95. The monoisotopic (exact) mass is 507 g/mol. The molecule has 2 saturated carbocycles. The average molecular weight is 508 g/mol. The highest BCUT2D eigenvalue weighted by Crippen LogP contribution is 2.61. The summed E-state index contributed by atoms with van der Waals surface area (Å²) < 4.78 is 47.3. The van der Waals surface area contributed by atoms with E-state index < -0.39 is 18.4 Å². The van der Waals surface area contributed by atoms with Gasteiger partial charge in [0.25, 0.3) is 0 Å². The van der Waals surface area contributed by atoms with Crippen molar-refractivity contribution >= 4 is 11.6 Å². The predicted molar refractivity (Wildman–Crippen MR) is 129 cm³/mol. The highest BCUT2D eigenvalue weighted by atomic mass is 19.3. The van der Waals surface area contributed by atoms with Gasteiger partial charge in [-0.05, 0) is 43.7 Å². The van der Waals surface area contributed by atoms with Crippen LogP contribution in [0.1, 0.15) is 41.4 Å². The molecule has 9 heteroatoms. The second-order valence-electron chi connectivity index (χ2n) is 9.90. The molecule has 2 aliphatic carbocycles. The molecule has 2 fully saturated rings. The molecular weight excluding hydrogens is 483 g/mol. The molecule has 4 aromatic rings. The number of benzene rings is 1. The first kappa shape index (κ1) is 23.5. The molecule has 37 heavy (non-hydrogen) atoms. The Hall–Kier alpha value is -3.88. The van der Waals surface area contributed by atoms with Gasteiger partial charge in [0.05, 0.1) is 11.6 Å². The van der Waals surface area contributed by atoms with Gasteiger partial charge in [0.1, 0.15) is 17.2 Å². The van der Waals surface area contributed by atoms with Gasteiger partial charge in [-0.3, -0.25) is 9.78 Å². The molecule has 0 saturated heterocycles. The maximum absolute atomic E-state index is 15.1. The normalized spacial score (nSPS) is 22.4. The van der Waals surface area contributed by atoms with Gasteiger partial charge in [0, 0.05) is 58.9 Å². The SMILES string of the molecule is Cc1nc2cc(F)c(-c3ccc(C4C[C@@H]5C(C(=O)O)[C@@H]5C4)nc3)cn2c1Cc1ccccc1OC(F)F. The molecular formula is C28H24F3N3O3. The molecule has 1 aromatic carbocycles. The number of carboxylic acid groups (broad SMARTS) is 1. The molecule has 6 nitrogen and oxygen atoms in total. The number of carbonyl (C=O) groups is 1. The van der Waals surface area contributed by atoms with Gasteiger partial charge in [-0.15, -0.1) is 0 Å². The Kier molecular flexibility index (Phi) is 5.66. The third kappa shape index (κ3) is 4.22. The van der Waals surface area contributed by atoms with Gasteiger partial charge in [-0.25, -0.2) is 9.37 Å². The number of alkyl halides is 2. The van der Waals surface area contributed by atoms with E-state index >= 15 is 4.39 Å². The van der Waals surface area contributed by atoms with Crippen LogP contribution in [0.4, 0.5) is 13.2 Å². The molecule has 0 radical (unpaired) electrons. The number of rotatable bonds is 7. The quantitative estimate of drug-likeness (QED) is 0.339. The van der Waals surface area contributed by atoms with Gasteiger partial charge in [0.2, 0.25) is 0 Å². The molecule has 2 aliphatic rings. The number of hydrogen-bond acceptors (Lipinski definition) is 4. The Labute approximate surface area is 210 Å². The Morgan fingerprint density at radius 3 is 2.62 bits per heavy atom. The van der Waals surface area contributed by atoms with Crippen LogP contribution >= 0.6 is 0 Å². The summed E-state index contributed by atoms with van der Waals surface area (Å²) in [6, 6.07) is 11.7. The van der Waals surface area contributed by atoms with Crippen LogP contribution in [-0.4, -0.2) is 32.1 Å². The fraction of sp³-hybridized carbons (Fsp3) is 0.321. The molecule has 0 bridgehead atoms. The second-order valence-corrected chi connectivity index (χ2v) is 9.90. The molecule has 6 rings (SSSR count). The van der Waals surface area contributed by atoms with Crippen LogP contribution in [0.25, 0.3) is 16.8 Å². The maximum atomic E-state index is 15.1. The summed E-state index contributed by atoms with van der Waals surface area (Å²) in [6.45, 7) is -1.14. The molecule has 3 aromatic heterocycles. The molecule has 0 aliphatic heterocycles. The number of para-hydroxylation sites is 1. The second kappa shape index (κ2) is 8.90. The summed E-state index contributed by atoms with van der Waals surface area (Å²) >= 11 is 0. The van der Waals surface area contributed by atoms with Crippen LogP contribution in [0, 0.1) is 30.5 Å². The number of imidazole rings is 1. The van der Waals surface area contributed by atoms with Crippen LogP contribution in [0.15, 0.2) is 54.9 Å². The minimum atomic E-state index is -2.94. The van der Waals surface area contributed by atoms with Gasteiger partial charge < -0.3 is 14.2 Å². The van der Waals surface area contributed by atoms with Crippen molar-refractivity contribution in [3.63, 3.8) is 0 Å². The Morgan fingerprint density at radius 2 is 1.95 bits per heavy atom. The number of carboxylic acids is 1. The van der Waals surface area contributed by atoms with E-state index in [9.17, 15) is 18.7 Å². The van der Waals surface area contributed by atoms with E-state index in [1.165, 1.54) is 12.1 Å². The Bertz CT molecular complexity index is 1490. The highest BCUT2D eigenvalue weighted by Gasteiger charge is 2.60. The fourth-order valence-electron chi connectivity index (χ4n) is 5.95. The molecule has 0 amide bonds. The van der Waals surface area contributed by atoms with Crippen LogP contribution in [0.2, 0.25) is 0 Å². The lowest BCUT2D eigenvalue weighted by Crippen LogP contribution is -2.08. The minimum absolute atomic E-state index is 0.0909. The third-order valence-electron chi connectivity index (χ3n) is 7.80. The van der Waals surface area contributed by atoms with Crippen molar-refractivity contribution in [3.8, 4) is 16.9 Å². The predicted octanol–water partition coefficient (Wildman–Crippen LogP) is 5.86. The van der Waals surface area contributed by atoms with Crippen LogP contribution in [0.5, 0.6) is 5.75 Å². The van der Waals surface area contributed by atoms with E-state index in [4.69, 9.17) is 0 Å². The van der Waals surface area contributed by atoms with Crippen LogP contribution in [-0.2, 0) is 11.2 Å². The van der Waals surface area contributed by atoms with Gasteiger partial charge in [-0.2, -0.15) is 8.78 Å². The van der Waals surface area contributed by atoms with Gasteiger partial charge in [-0.1, -0.05) is 24.3 Å². The summed E-state index contributed by atoms with van der Waals surface area (Å²) in [4.78, 5) is 20.3. The number of fused-ring (bicyclic) bond motifs is 2. The lowest BCUT2D eigenvalue weighted by molar-refractivity contribution is -0.139. The topological polar surface area (TPSA) is 76.7 Å². The zero-order valence-corrected chi connectivity index (χ0v) is 19.9. The number of ether oxygens (including phenoxy) is 1. The Balaban J connectivity index is 1.28. The van der Waals surface area contributed by atoms with Crippen molar-refractivity contribution in [2.24, 2.45) is 17.8 Å². The minimum Gasteiger partial charge on any atom is -0.481 e. The number of halogens is 3. The number of aromatic nitrogens is 3. The zero-order valence-electron chi connectivity index (χ0n) is 19.9. The molecule has 1 N–H and O–H groups in total. The summed E-state index contributed by atoms with van der Waals surface area (Å²) in [5.41, 5.74) is 4.25. The van der Waals surface area contributed by atoms with E-state index in [1.807, 2.05) is 12.1 Å². The zero-order chi connectivity index (χ0) is 25.8. The van der Waals surface area contributed by atoms with Gasteiger partial charge in [0.15, 0.2) is 0 Å². The number of nitrogens with zero attached hydrogens (tertiary/aromatic N) is 3. The first-order valence-corrected chi connectivity index (χ1v) is 12.2. The summed E-state index contributed by atoms with van der Waals surface area (Å²) in [7, 11) is 0. The molecule has 4 atom stereocenters. The maximum Gasteiger partial charge on any atom is 0.387 e. The van der Waals surface area contributed by atoms with Crippen LogP contribution in [0.3, 0.4) is 0 Å². The van der Waals surface area contributed by atoms with E-state index in [0.717, 1.165) is 24.2 Å². The lowest BCUT2D eigenvalue weighted by atomic mass is 9.95. The summed E-state index contributed by atoms with van der Waals surface area (Å²) in [5.74, 6) is -0.559. The number of aryl methyl sites for hydroxylation is 1. The van der Waals surface area contributed by atoms with E-state index in [-0.39, 0.29) is 35.8 Å². The summed E-state index contributed by atoms with van der Waals surface area (Å²) in [5, 5.41) is 9.24. The van der Waals surface area contributed by atoms with Gasteiger partial charge >= 0.3 is 12.6 Å². The van der Waals surface area contributed by atoms with Crippen molar-refractivity contribution in [2.45, 2.75) is 38.7 Å².